The van der Waals surface area contributed by atoms with Gasteiger partial charge in [0, 0.05) is 32.7 Å². The van der Waals surface area contributed by atoms with E-state index in [2.05, 4.69) is 15.0 Å². The zero-order chi connectivity index (χ0) is 11.4. The van der Waals surface area contributed by atoms with Crippen molar-refractivity contribution in [2.24, 2.45) is 5.73 Å². The molecule has 1 saturated heterocycles. The molecule has 1 fully saturated rings. The first-order valence-electron chi connectivity index (χ1n) is 5.61. The smallest absolute Gasteiger partial charge is 0.266 e. The fourth-order valence-corrected chi connectivity index (χ4v) is 1.87. The lowest BCUT2D eigenvalue weighted by atomic mass is 10.2. The molecular formula is C10H18N4O2. The van der Waals surface area contributed by atoms with E-state index in [-0.39, 0.29) is 6.04 Å². The first-order valence-corrected chi connectivity index (χ1v) is 5.61. The molecule has 1 aliphatic rings. The third-order valence-electron chi connectivity index (χ3n) is 2.66. The van der Waals surface area contributed by atoms with Gasteiger partial charge >= 0.3 is 0 Å². The summed E-state index contributed by atoms with van der Waals surface area (Å²) in [6, 6.07) is -0.0862. The number of methoxy groups -OCH3 is 1. The minimum atomic E-state index is -0.0862. The lowest BCUT2D eigenvalue weighted by Gasteiger charge is -2.10. The van der Waals surface area contributed by atoms with Crippen LogP contribution in [0.5, 0.6) is 0 Å². The summed E-state index contributed by atoms with van der Waals surface area (Å²) >= 11 is 0. The molecule has 0 saturated carbocycles. The summed E-state index contributed by atoms with van der Waals surface area (Å²) in [4.78, 5) is 6.46. The van der Waals surface area contributed by atoms with Crippen LogP contribution in [0, 0.1) is 0 Å². The van der Waals surface area contributed by atoms with Crippen LogP contribution < -0.4 is 10.6 Å². The van der Waals surface area contributed by atoms with Crippen molar-refractivity contribution in [2.45, 2.75) is 25.3 Å². The van der Waals surface area contributed by atoms with Crippen molar-refractivity contribution in [2.75, 3.05) is 31.7 Å². The maximum atomic E-state index is 5.81. The van der Waals surface area contributed by atoms with Crippen molar-refractivity contribution in [1.29, 1.82) is 0 Å². The van der Waals surface area contributed by atoms with Gasteiger partial charge in [0.05, 0.1) is 6.61 Å². The van der Waals surface area contributed by atoms with Crippen LogP contribution >= 0.6 is 0 Å². The molecule has 6 heteroatoms. The second kappa shape index (κ2) is 5.27. The highest BCUT2D eigenvalue weighted by Crippen LogP contribution is 2.16. The van der Waals surface area contributed by atoms with Gasteiger partial charge in [-0.1, -0.05) is 0 Å². The Morgan fingerprint density at radius 3 is 2.94 bits per heavy atom. The number of hydrogen-bond donors (Lipinski definition) is 1. The summed E-state index contributed by atoms with van der Waals surface area (Å²) in [5.74, 6) is 1.28. The predicted octanol–water partition coefficient (Wildman–Crippen LogP) is 0.186. The van der Waals surface area contributed by atoms with Gasteiger partial charge in [-0.2, -0.15) is 4.98 Å². The van der Waals surface area contributed by atoms with Gasteiger partial charge in [-0.25, -0.2) is 0 Å². The average molecular weight is 226 g/mol. The minimum Gasteiger partial charge on any atom is -0.383 e. The zero-order valence-corrected chi connectivity index (χ0v) is 9.56. The Morgan fingerprint density at radius 1 is 1.50 bits per heavy atom. The number of nitrogens with zero attached hydrogens (tertiary/aromatic N) is 3. The summed E-state index contributed by atoms with van der Waals surface area (Å²) in [7, 11) is 1.63. The Bertz CT molecular complexity index is 322. The molecule has 0 radical (unpaired) electrons. The Balaban J connectivity index is 1.91. The number of ether oxygens (including phenoxy) is 1. The molecule has 1 aliphatic heterocycles. The van der Waals surface area contributed by atoms with Crippen LogP contribution in [0.25, 0.3) is 0 Å². The SMILES string of the molecule is COCC(N)Cc1nc(N2CCCC2)no1. The Labute approximate surface area is 94.7 Å². The molecule has 0 spiro atoms. The number of rotatable bonds is 5. The van der Waals surface area contributed by atoms with E-state index in [0.717, 1.165) is 13.1 Å². The van der Waals surface area contributed by atoms with Crippen LogP contribution in [0.15, 0.2) is 4.52 Å². The molecule has 2 heterocycles. The van der Waals surface area contributed by atoms with E-state index < -0.39 is 0 Å². The van der Waals surface area contributed by atoms with Crippen LogP contribution in [0.1, 0.15) is 18.7 Å². The quantitative estimate of drug-likeness (QED) is 0.772. The molecule has 1 unspecified atom stereocenters. The zero-order valence-electron chi connectivity index (χ0n) is 9.56. The molecule has 2 rings (SSSR count). The van der Waals surface area contributed by atoms with Crippen molar-refractivity contribution in [1.82, 2.24) is 10.1 Å². The van der Waals surface area contributed by atoms with Crippen molar-refractivity contribution in [3.63, 3.8) is 0 Å². The van der Waals surface area contributed by atoms with Crippen LogP contribution in [0.3, 0.4) is 0 Å². The predicted molar refractivity (Wildman–Crippen MR) is 59.3 cm³/mol. The van der Waals surface area contributed by atoms with E-state index in [4.69, 9.17) is 15.0 Å². The molecule has 0 aliphatic carbocycles. The molecule has 16 heavy (non-hydrogen) atoms. The summed E-state index contributed by atoms with van der Waals surface area (Å²) in [6.07, 6.45) is 2.97. The lowest BCUT2D eigenvalue weighted by Crippen LogP contribution is -2.28. The first kappa shape index (κ1) is 11.3. The standard InChI is InChI=1S/C10H18N4O2/c1-15-7-8(11)6-9-12-10(13-16-9)14-4-2-3-5-14/h8H,2-7,11H2,1H3. The van der Waals surface area contributed by atoms with Gasteiger partial charge in [-0.15, -0.1) is 0 Å². The topological polar surface area (TPSA) is 77.4 Å². The highest BCUT2D eigenvalue weighted by atomic mass is 16.5. The number of aromatic nitrogens is 2. The van der Waals surface area contributed by atoms with E-state index >= 15 is 0 Å². The summed E-state index contributed by atoms with van der Waals surface area (Å²) in [5.41, 5.74) is 5.81. The number of nitrogens with two attached hydrogens (primary N) is 1. The van der Waals surface area contributed by atoms with Gasteiger partial charge in [0.25, 0.3) is 5.95 Å². The van der Waals surface area contributed by atoms with Gasteiger partial charge in [0.15, 0.2) is 0 Å². The first-order chi connectivity index (χ1) is 7.79. The van der Waals surface area contributed by atoms with E-state index in [1.54, 1.807) is 7.11 Å². The Hall–Kier alpha value is -1.14. The van der Waals surface area contributed by atoms with Crippen molar-refractivity contribution in [3.05, 3.63) is 5.89 Å². The largest absolute Gasteiger partial charge is 0.383 e. The average Bonchev–Trinajstić information content (AvgIpc) is 2.86. The molecule has 0 amide bonds. The van der Waals surface area contributed by atoms with Gasteiger partial charge in [0.1, 0.15) is 0 Å². The van der Waals surface area contributed by atoms with E-state index in [1.165, 1.54) is 12.8 Å². The Morgan fingerprint density at radius 2 is 2.25 bits per heavy atom. The second-order valence-corrected chi connectivity index (χ2v) is 4.10. The molecule has 1 aromatic rings. The molecule has 0 bridgehead atoms. The van der Waals surface area contributed by atoms with Crippen molar-refractivity contribution in [3.8, 4) is 0 Å². The van der Waals surface area contributed by atoms with Crippen molar-refractivity contribution >= 4 is 5.95 Å². The van der Waals surface area contributed by atoms with Crippen LogP contribution in [-0.2, 0) is 11.2 Å². The fraction of sp³-hybridized carbons (Fsp3) is 0.800. The fourth-order valence-electron chi connectivity index (χ4n) is 1.87. The minimum absolute atomic E-state index is 0.0862. The molecular weight excluding hydrogens is 208 g/mol. The van der Waals surface area contributed by atoms with Gasteiger partial charge in [-0.05, 0) is 18.0 Å². The number of hydrogen-bond acceptors (Lipinski definition) is 6. The third kappa shape index (κ3) is 2.70. The van der Waals surface area contributed by atoms with Gasteiger partial charge in [0.2, 0.25) is 5.89 Å². The molecule has 2 N–H and O–H groups in total. The van der Waals surface area contributed by atoms with E-state index in [9.17, 15) is 0 Å². The maximum Gasteiger partial charge on any atom is 0.266 e. The summed E-state index contributed by atoms with van der Waals surface area (Å²) in [5, 5.41) is 3.95. The van der Waals surface area contributed by atoms with Crippen molar-refractivity contribution < 1.29 is 9.26 Å². The summed E-state index contributed by atoms with van der Waals surface area (Å²) < 4.78 is 10.1. The normalized spacial score (nSPS) is 18.0. The maximum absolute atomic E-state index is 5.81. The van der Waals surface area contributed by atoms with Gasteiger partial charge in [-0.3, -0.25) is 0 Å². The number of anilines is 1. The van der Waals surface area contributed by atoms with E-state index in [1.807, 2.05) is 0 Å². The molecule has 1 atom stereocenters. The summed E-state index contributed by atoms with van der Waals surface area (Å²) in [6.45, 7) is 2.54. The van der Waals surface area contributed by atoms with Gasteiger partial charge < -0.3 is 19.9 Å². The Kier molecular flexibility index (Phi) is 3.74. The second-order valence-electron chi connectivity index (χ2n) is 4.10. The lowest BCUT2D eigenvalue weighted by molar-refractivity contribution is 0.176. The molecule has 90 valence electrons. The highest BCUT2D eigenvalue weighted by molar-refractivity contribution is 5.28. The highest BCUT2D eigenvalue weighted by Gasteiger charge is 2.18. The van der Waals surface area contributed by atoms with Crippen LogP contribution in [0.2, 0.25) is 0 Å². The third-order valence-corrected chi connectivity index (χ3v) is 2.66. The molecule has 1 aromatic heterocycles. The van der Waals surface area contributed by atoms with E-state index in [0.29, 0.717) is 24.9 Å². The molecule has 0 aromatic carbocycles. The monoisotopic (exact) mass is 226 g/mol. The van der Waals surface area contributed by atoms with Crippen LogP contribution in [-0.4, -0.2) is 43.0 Å². The molecule has 6 nitrogen and oxygen atoms in total. The van der Waals surface area contributed by atoms with Crippen LogP contribution in [0.4, 0.5) is 5.95 Å².